The number of unbranched alkanes of at least 4 members (excludes halogenated alkanes) is 1. The standard InChI is InChI=1S/C28H36N2O4/c1-21-8-10-23(11-9-21)14-17-26-30-24(20-33-26)19-32-25-15-12-22(13-16-25)7-5-6-18-29-27(31)34-28(2,3)4/h8-13,15-16,20H,5-7,14,17-19H2,1-4H3,(H,29,31). The number of hydrogen-bond acceptors (Lipinski definition) is 5. The molecule has 6 nitrogen and oxygen atoms in total. The second kappa shape index (κ2) is 12.3. The highest BCUT2D eigenvalue weighted by Crippen LogP contribution is 2.16. The van der Waals surface area contributed by atoms with Gasteiger partial charge in [-0.15, -0.1) is 0 Å². The zero-order valence-electron chi connectivity index (χ0n) is 20.7. The lowest BCUT2D eigenvalue weighted by atomic mass is 10.1. The van der Waals surface area contributed by atoms with Crippen LogP contribution >= 0.6 is 0 Å². The fraction of sp³-hybridized carbons (Fsp3) is 0.429. The van der Waals surface area contributed by atoms with Gasteiger partial charge in [0.2, 0.25) is 0 Å². The van der Waals surface area contributed by atoms with Crippen LogP contribution in [-0.2, 0) is 30.6 Å². The Balaban J connectivity index is 1.32. The second-order valence-corrected chi connectivity index (χ2v) is 9.54. The van der Waals surface area contributed by atoms with Crippen LogP contribution in [0.5, 0.6) is 5.75 Å². The van der Waals surface area contributed by atoms with Crippen molar-refractivity contribution in [3.63, 3.8) is 0 Å². The second-order valence-electron chi connectivity index (χ2n) is 9.54. The molecule has 182 valence electrons. The van der Waals surface area contributed by atoms with Crippen LogP contribution in [0.4, 0.5) is 4.79 Å². The number of ether oxygens (including phenoxy) is 2. The molecule has 0 aliphatic carbocycles. The van der Waals surface area contributed by atoms with E-state index < -0.39 is 5.60 Å². The van der Waals surface area contributed by atoms with E-state index >= 15 is 0 Å². The summed E-state index contributed by atoms with van der Waals surface area (Å²) in [6.45, 7) is 8.65. The molecule has 0 atom stereocenters. The van der Waals surface area contributed by atoms with Crippen LogP contribution in [-0.4, -0.2) is 23.2 Å². The van der Waals surface area contributed by atoms with Crippen molar-refractivity contribution in [2.45, 2.75) is 72.0 Å². The number of hydrogen-bond donors (Lipinski definition) is 1. The highest BCUT2D eigenvalue weighted by atomic mass is 16.6. The summed E-state index contributed by atoms with van der Waals surface area (Å²) in [4.78, 5) is 16.2. The van der Waals surface area contributed by atoms with E-state index in [0.717, 1.165) is 49.4 Å². The van der Waals surface area contributed by atoms with Crippen LogP contribution in [0.15, 0.2) is 59.2 Å². The SMILES string of the molecule is Cc1ccc(CCc2nc(COc3ccc(CCCCNC(=O)OC(C)(C)C)cc3)co2)cc1. The molecule has 3 aromatic rings. The summed E-state index contributed by atoms with van der Waals surface area (Å²) in [5.74, 6) is 1.54. The number of nitrogens with zero attached hydrogens (tertiary/aromatic N) is 1. The zero-order valence-corrected chi connectivity index (χ0v) is 20.7. The first-order chi connectivity index (χ1) is 16.3. The Labute approximate surface area is 202 Å². The van der Waals surface area contributed by atoms with E-state index in [1.54, 1.807) is 6.26 Å². The summed E-state index contributed by atoms with van der Waals surface area (Å²) >= 11 is 0. The number of carbonyl (C=O) groups excluding carboxylic acids is 1. The molecule has 1 heterocycles. The van der Waals surface area contributed by atoms with Crippen molar-refractivity contribution >= 4 is 6.09 Å². The summed E-state index contributed by atoms with van der Waals surface area (Å²) < 4.78 is 16.7. The number of amides is 1. The van der Waals surface area contributed by atoms with Crippen molar-refractivity contribution in [2.24, 2.45) is 0 Å². The molecule has 6 heteroatoms. The highest BCUT2D eigenvalue weighted by Gasteiger charge is 2.15. The Morgan fingerprint density at radius 1 is 0.941 bits per heavy atom. The molecule has 0 aliphatic heterocycles. The third kappa shape index (κ3) is 9.30. The van der Waals surface area contributed by atoms with Gasteiger partial charge in [-0.2, -0.15) is 0 Å². The fourth-order valence-corrected chi connectivity index (χ4v) is 3.40. The molecule has 0 bridgehead atoms. The minimum absolute atomic E-state index is 0.362. The van der Waals surface area contributed by atoms with Crippen LogP contribution in [0.25, 0.3) is 0 Å². The lowest BCUT2D eigenvalue weighted by Gasteiger charge is -2.19. The van der Waals surface area contributed by atoms with Gasteiger partial charge in [0.05, 0.1) is 0 Å². The molecule has 3 rings (SSSR count). The highest BCUT2D eigenvalue weighted by molar-refractivity contribution is 5.67. The molecule has 1 N–H and O–H groups in total. The van der Waals surface area contributed by atoms with Crippen molar-refractivity contribution in [1.29, 1.82) is 0 Å². The van der Waals surface area contributed by atoms with Crippen molar-refractivity contribution in [3.05, 3.63) is 83.1 Å². The van der Waals surface area contributed by atoms with E-state index in [4.69, 9.17) is 13.9 Å². The van der Waals surface area contributed by atoms with Gasteiger partial charge in [0.25, 0.3) is 0 Å². The maximum absolute atomic E-state index is 11.6. The molecule has 0 aliphatic rings. The van der Waals surface area contributed by atoms with Crippen LogP contribution in [0.1, 0.15) is 61.9 Å². The number of aromatic nitrogens is 1. The molecule has 2 aromatic carbocycles. The molecule has 1 aromatic heterocycles. The summed E-state index contributed by atoms with van der Waals surface area (Å²) in [5.41, 5.74) is 4.11. The fourth-order valence-electron chi connectivity index (χ4n) is 3.40. The number of alkyl carbamates (subject to hydrolysis) is 1. The molecule has 0 unspecified atom stereocenters. The van der Waals surface area contributed by atoms with Gasteiger partial charge in [0.15, 0.2) is 5.89 Å². The van der Waals surface area contributed by atoms with E-state index in [-0.39, 0.29) is 6.09 Å². The summed E-state index contributed by atoms with van der Waals surface area (Å²) in [7, 11) is 0. The van der Waals surface area contributed by atoms with Crippen LogP contribution < -0.4 is 10.1 Å². The maximum Gasteiger partial charge on any atom is 0.407 e. The van der Waals surface area contributed by atoms with Gasteiger partial charge in [-0.05, 0) is 76.6 Å². The lowest BCUT2D eigenvalue weighted by Crippen LogP contribution is -2.33. The largest absolute Gasteiger partial charge is 0.487 e. The quantitative estimate of drug-likeness (QED) is 0.342. The van der Waals surface area contributed by atoms with Crippen molar-refractivity contribution in [3.8, 4) is 5.75 Å². The Hall–Kier alpha value is -3.28. The third-order valence-corrected chi connectivity index (χ3v) is 5.22. The number of carbonyl (C=O) groups is 1. The average molecular weight is 465 g/mol. The number of aryl methyl sites for hydroxylation is 4. The topological polar surface area (TPSA) is 73.6 Å². The number of oxazole rings is 1. The van der Waals surface area contributed by atoms with Crippen molar-refractivity contribution < 1.29 is 18.7 Å². The minimum atomic E-state index is -0.467. The number of rotatable bonds is 11. The first-order valence-electron chi connectivity index (χ1n) is 11.9. The van der Waals surface area contributed by atoms with E-state index in [1.165, 1.54) is 16.7 Å². The average Bonchev–Trinajstić information content (AvgIpc) is 3.24. The lowest BCUT2D eigenvalue weighted by molar-refractivity contribution is 0.0527. The Kier molecular flexibility index (Phi) is 9.14. The Bertz CT molecular complexity index is 1020. The van der Waals surface area contributed by atoms with Crippen molar-refractivity contribution in [1.82, 2.24) is 10.3 Å². The number of nitrogens with one attached hydrogen (secondary N) is 1. The predicted molar refractivity (Wildman–Crippen MR) is 133 cm³/mol. The molecular formula is C28H36N2O4. The molecule has 1 amide bonds. The molecule has 0 fully saturated rings. The smallest absolute Gasteiger partial charge is 0.407 e. The van der Waals surface area contributed by atoms with E-state index in [2.05, 4.69) is 53.6 Å². The summed E-state index contributed by atoms with van der Waals surface area (Å²) in [5, 5.41) is 2.79. The molecule has 0 spiro atoms. The van der Waals surface area contributed by atoms with Gasteiger partial charge in [-0.1, -0.05) is 42.0 Å². The van der Waals surface area contributed by atoms with Crippen LogP contribution in [0.2, 0.25) is 0 Å². The Morgan fingerprint density at radius 2 is 1.62 bits per heavy atom. The van der Waals surface area contributed by atoms with Gasteiger partial charge in [0.1, 0.15) is 29.9 Å². The molecule has 34 heavy (non-hydrogen) atoms. The van der Waals surface area contributed by atoms with Crippen molar-refractivity contribution in [2.75, 3.05) is 6.54 Å². The molecular weight excluding hydrogens is 428 g/mol. The molecule has 0 saturated carbocycles. The first kappa shape index (κ1) is 25.3. The van der Waals surface area contributed by atoms with E-state index in [9.17, 15) is 4.79 Å². The molecule has 0 radical (unpaired) electrons. The van der Waals surface area contributed by atoms with E-state index in [1.807, 2.05) is 32.9 Å². The maximum atomic E-state index is 11.6. The monoisotopic (exact) mass is 464 g/mol. The van der Waals surface area contributed by atoms with Gasteiger partial charge < -0.3 is 19.2 Å². The third-order valence-electron chi connectivity index (χ3n) is 5.22. The molecule has 0 saturated heterocycles. The van der Waals surface area contributed by atoms with Crippen LogP contribution in [0, 0.1) is 6.92 Å². The summed E-state index contributed by atoms with van der Waals surface area (Å²) in [6, 6.07) is 16.6. The normalized spacial score (nSPS) is 11.3. The van der Waals surface area contributed by atoms with Gasteiger partial charge in [0, 0.05) is 13.0 Å². The van der Waals surface area contributed by atoms with Gasteiger partial charge in [-0.3, -0.25) is 0 Å². The van der Waals surface area contributed by atoms with Crippen LogP contribution in [0.3, 0.4) is 0 Å². The van der Waals surface area contributed by atoms with E-state index in [0.29, 0.717) is 13.2 Å². The Morgan fingerprint density at radius 3 is 2.32 bits per heavy atom. The zero-order chi connectivity index (χ0) is 24.4. The summed E-state index contributed by atoms with van der Waals surface area (Å²) in [6.07, 6.45) is 5.81. The predicted octanol–water partition coefficient (Wildman–Crippen LogP) is 6.19. The first-order valence-corrected chi connectivity index (χ1v) is 11.9. The number of benzene rings is 2. The van der Waals surface area contributed by atoms with Gasteiger partial charge in [-0.25, -0.2) is 9.78 Å². The minimum Gasteiger partial charge on any atom is -0.487 e. The van der Waals surface area contributed by atoms with Gasteiger partial charge >= 0.3 is 6.09 Å².